The van der Waals surface area contributed by atoms with Crippen molar-refractivity contribution in [3.8, 4) is 11.1 Å². The fraction of sp³-hybridized carbons (Fsp3) is 0.464. The van der Waals surface area contributed by atoms with Crippen LogP contribution in [0.5, 0.6) is 0 Å². The van der Waals surface area contributed by atoms with Gasteiger partial charge in [-0.05, 0) is 40.5 Å². The van der Waals surface area contributed by atoms with Gasteiger partial charge in [0.1, 0.15) is 18.2 Å². The zero-order valence-electron chi connectivity index (χ0n) is 20.6. The molecular formula is C28H34N2O5. The van der Waals surface area contributed by atoms with Gasteiger partial charge in [-0.15, -0.1) is 0 Å². The monoisotopic (exact) mass is 478 g/mol. The summed E-state index contributed by atoms with van der Waals surface area (Å²) in [6, 6.07) is 15.1. The number of benzene rings is 2. The third-order valence-electron chi connectivity index (χ3n) is 7.22. The number of amides is 2. The molecule has 35 heavy (non-hydrogen) atoms. The maximum absolute atomic E-state index is 13.4. The predicted octanol–water partition coefficient (Wildman–Crippen LogP) is 4.84. The van der Waals surface area contributed by atoms with Crippen molar-refractivity contribution >= 4 is 18.0 Å². The number of alkyl carbamates (subject to hydrolysis) is 1. The quantitative estimate of drug-likeness (QED) is 0.551. The van der Waals surface area contributed by atoms with Crippen LogP contribution in [0.4, 0.5) is 4.79 Å². The molecular weight excluding hydrogens is 444 g/mol. The van der Waals surface area contributed by atoms with Crippen LogP contribution in [0.25, 0.3) is 11.1 Å². The summed E-state index contributed by atoms with van der Waals surface area (Å²) in [4.78, 5) is 38.2. The third kappa shape index (κ3) is 5.04. The molecule has 7 heteroatoms. The zero-order valence-corrected chi connectivity index (χ0v) is 20.6. The van der Waals surface area contributed by atoms with E-state index in [1.807, 2.05) is 24.3 Å². The Morgan fingerprint density at radius 1 is 0.971 bits per heavy atom. The van der Waals surface area contributed by atoms with Gasteiger partial charge in [-0.1, -0.05) is 88.6 Å². The summed E-state index contributed by atoms with van der Waals surface area (Å²) in [6.07, 6.45) is 2.73. The van der Waals surface area contributed by atoms with Crippen molar-refractivity contribution < 1.29 is 24.2 Å². The van der Waals surface area contributed by atoms with Crippen molar-refractivity contribution in [3.63, 3.8) is 0 Å². The van der Waals surface area contributed by atoms with Crippen LogP contribution in [0.1, 0.15) is 69.9 Å². The lowest BCUT2D eigenvalue weighted by Crippen LogP contribution is -2.63. The van der Waals surface area contributed by atoms with E-state index in [4.69, 9.17) is 4.74 Å². The van der Waals surface area contributed by atoms with Crippen LogP contribution >= 0.6 is 0 Å². The van der Waals surface area contributed by atoms with Gasteiger partial charge in [0.15, 0.2) is 0 Å². The molecule has 2 aromatic rings. The predicted molar refractivity (Wildman–Crippen MR) is 133 cm³/mol. The molecule has 0 heterocycles. The average Bonchev–Trinajstić information content (AvgIpc) is 3.14. The highest BCUT2D eigenvalue weighted by Gasteiger charge is 2.44. The second-order valence-corrected chi connectivity index (χ2v) is 10.7. The van der Waals surface area contributed by atoms with E-state index in [2.05, 4.69) is 34.9 Å². The number of hydrogen-bond donors (Lipinski definition) is 3. The molecule has 186 valence electrons. The Balaban J connectivity index is 1.48. The molecule has 2 aliphatic rings. The molecule has 2 amide bonds. The number of rotatable bonds is 6. The van der Waals surface area contributed by atoms with Gasteiger partial charge in [0.25, 0.3) is 0 Å². The van der Waals surface area contributed by atoms with Gasteiger partial charge >= 0.3 is 12.1 Å². The largest absolute Gasteiger partial charge is 0.480 e. The Kier molecular flexibility index (Phi) is 6.88. The number of carboxylic acid groups (broad SMARTS) is 1. The Morgan fingerprint density at radius 3 is 2.03 bits per heavy atom. The van der Waals surface area contributed by atoms with E-state index in [0.29, 0.717) is 12.8 Å². The van der Waals surface area contributed by atoms with Gasteiger partial charge in [0.2, 0.25) is 5.91 Å². The molecule has 7 nitrogen and oxygen atoms in total. The van der Waals surface area contributed by atoms with Gasteiger partial charge in [0.05, 0.1) is 0 Å². The molecule has 0 unspecified atom stereocenters. The van der Waals surface area contributed by atoms with Crippen molar-refractivity contribution in [2.75, 3.05) is 6.61 Å². The van der Waals surface area contributed by atoms with E-state index in [1.165, 1.54) is 0 Å². The number of aliphatic carboxylic acids is 1. The normalized spacial score (nSPS) is 17.6. The summed E-state index contributed by atoms with van der Waals surface area (Å²) in [5.41, 5.74) is 2.65. The van der Waals surface area contributed by atoms with Crippen LogP contribution in [0.2, 0.25) is 0 Å². The number of hydrogen-bond acceptors (Lipinski definition) is 4. The first-order valence-corrected chi connectivity index (χ1v) is 12.3. The lowest BCUT2D eigenvalue weighted by Gasteiger charge is -2.38. The van der Waals surface area contributed by atoms with E-state index in [-0.39, 0.29) is 12.5 Å². The summed E-state index contributed by atoms with van der Waals surface area (Å²) in [6.45, 7) is 5.44. The van der Waals surface area contributed by atoms with Crippen molar-refractivity contribution in [2.45, 2.75) is 70.4 Å². The second-order valence-electron chi connectivity index (χ2n) is 10.7. The SMILES string of the molecule is CC(C)(C)[C@@H](NC(=O)C1(NC(=O)OCC2c3ccccc3-c3ccccc32)CCCCC1)C(=O)O. The fourth-order valence-electron chi connectivity index (χ4n) is 5.31. The number of fused-ring (bicyclic) bond motifs is 3. The Labute approximate surface area is 206 Å². The average molecular weight is 479 g/mol. The van der Waals surface area contributed by atoms with Crippen LogP contribution in [0.3, 0.4) is 0 Å². The maximum Gasteiger partial charge on any atom is 0.408 e. The topological polar surface area (TPSA) is 105 Å². The molecule has 1 saturated carbocycles. The Hall–Kier alpha value is -3.35. The van der Waals surface area contributed by atoms with Gasteiger partial charge in [0, 0.05) is 5.92 Å². The molecule has 4 rings (SSSR count). The van der Waals surface area contributed by atoms with Crippen molar-refractivity contribution in [1.82, 2.24) is 10.6 Å². The molecule has 1 atom stereocenters. The summed E-state index contributed by atoms with van der Waals surface area (Å²) in [5, 5.41) is 15.2. The highest BCUT2D eigenvalue weighted by Crippen LogP contribution is 2.44. The molecule has 3 N–H and O–H groups in total. The summed E-state index contributed by atoms with van der Waals surface area (Å²) < 4.78 is 5.69. The molecule has 2 aliphatic carbocycles. The molecule has 2 aromatic carbocycles. The van der Waals surface area contributed by atoms with E-state index in [0.717, 1.165) is 41.5 Å². The summed E-state index contributed by atoms with van der Waals surface area (Å²) >= 11 is 0. The minimum absolute atomic E-state index is 0.0819. The van der Waals surface area contributed by atoms with Crippen molar-refractivity contribution in [2.24, 2.45) is 5.41 Å². The minimum atomic E-state index is -1.18. The number of carbonyl (C=O) groups is 3. The molecule has 0 spiro atoms. The number of ether oxygens (including phenoxy) is 1. The highest BCUT2D eigenvalue weighted by molar-refractivity contribution is 5.93. The van der Waals surface area contributed by atoms with Gasteiger partial charge in [-0.2, -0.15) is 0 Å². The lowest BCUT2D eigenvalue weighted by atomic mass is 9.79. The van der Waals surface area contributed by atoms with Crippen LogP contribution in [-0.4, -0.2) is 41.3 Å². The first kappa shape index (κ1) is 24.8. The van der Waals surface area contributed by atoms with Gasteiger partial charge in [-0.25, -0.2) is 9.59 Å². The molecule has 0 aliphatic heterocycles. The molecule has 1 fully saturated rings. The van der Waals surface area contributed by atoms with Crippen molar-refractivity contribution in [1.29, 1.82) is 0 Å². The van der Waals surface area contributed by atoms with E-state index < -0.39 is 35.0 Å². The molecule has 0 aromatic heterocycles. The lowest BCUT2D eigenvalue weighted by molar-refractivity contribution is -0.146. The zero-order chi connectivity index (χ0) is 25.2. The summed E-state index contributed by atoms with van der Waals surface area (Å²) in [5.74, 6) is -1.65. The van der Waals surface area contributed by atoms with Gasteiger partial charge in [-0.3, -0.25) is 4.79 Å². The van der Waals surface area contributed by atoms with E-state index >= 15 is 0 Å². The Bertz CT molecular complexity index is 1070. The van der Waals surface area contributed by atoms with Crippen LogP contribution in [0, 0.1) is 5.41 Å². The molecule has 0 saturated heterocycles. The second kappa shape index (κ2) is 9.72. The summed E-state index contributed by atoms with van der Waals surface area (Å²) in [7, 11) is 0. The first-order valence-electron chi connectivity index (χ1n) is 12.3. The standard InChI is InChI=1S/C28H34N2O5/c1-27(2,3)23(24(31)32)29-25(33)28(15-9-4-10-16-28)30-26(34)35-17-22-20-13-7-5-11-18(20)19-12-6-8-14-21(19)22/h5-8,11-14,22-23H,4,9-10,15-17H2,1-3H3,(H,29,33)(H,30,34)(H,31,32)/t23-/m0/s1. The van der Waals surface area contributed by atoms with Crippen LogP contribution in [0.15, 0.2) is 48.5 Å². The highest BCUT2D eigenvalue weighted by atomic mass is 16.5. The van der Waals surface area contributed by atoms with E-state index in [1.54, 1.807) is 20.8 Å². The van der Waals surface area contributed by atoms with Gasteiger partial charge < -0.3 is 20.5 Å². The molecule has 0 bridgehead atoms. The third-order valence-corrected chi connectivity index (χ3v) is 7.22. The van der Waals surface area contributed by atoms with Crippen molar-refractivity contribution in [3.05, 3.63) is 59.7 Å². The first-order chi connectivity index (χ1) is 16.6. The Morgan fingerprint density at radius 2 is 1.51 bits per heavy atom. The number of carboxylic acids is 1. The number of carbonyl (C=O) groups excluding carboxylic acids is 2. The smallest absolute Gasteiger partial charge is 0.408 e. The molecule has 0 radical (unpaired) electrons. The van der Waals surface area contributed by atoms with Crippen LogP contribution in [-0.2, 0) is 14.3 Å². The number of nitrogens with one attached hydrogen (secondary N) is 2. The van der Waals surface area contributed by atoms with E-state index in [9.17, 15) is 19.5 Å². The maximum atomic E-state index is 13.4. The van der Waals surface area contributed by atoms with Crippen LogP contribution < -0.4 is 10.6 Å². The minimum Gasteiger partial charge on any atom is -0.480 e. The fourth-order valence-corrected chi connectivity index (χ4v) is 5.31.